The zero-order valence-corrected chi connectivity index (χ0v) is 16.5. The summed E-state index contributed by atoms with van der Waals surface area (Å²) in [5.41, 5.74) is 5.25. The Labute approximate surface area is 161 Å². The first kappa shape index (κ1) is 19.5. The fourth-order valence-corrected chi connectivity index (χ4v) is 4.49. The summed E-state index contributed by atoms with van der Waals surface area (Å²) in [7, 11) is -3.78. The predicted octanol–water partition coefficient (Wildman–Crippen LogP) is 2.61. The third-order valence-corrected chi connectivity index (χ3v) is 7.50. The van der Waals surface area contributed by atoms with Gasteiger partial charge in [0.15, 0.2) is 14.6 Å². The second kappa shape index (κ2) is 7.41. The maximum absolute atomic E-state index is 12.1. The summed E-state index contributed by atoms with van der Waals surface area (Å²) in [6.45, 7) is 1.27. The van der Waals surface area contributed by atoms with Crippen molar-refractivity contribution in [1.29, 1.82) is 0 Å². The van der Waals surface area contributed by atoms with Crippen LogP contribution in [0.3, 0.4) is 0 Å². The largest absolute Gasteiger partial charge is 0.392 e. The van der Waals surface area contributed by atoms with Crippen LogP contribution in [0.2, 0.25) is 0 Å². The summed E-state index contributed by atoms with van der Waals surface area (Å²) in [6.07, 6.45) is 0.649. The minimum Gasteiger partial charge on any atom is -0.392 e. The van der Waals surface area contributed by atoms with Gasteiger partial charge in [0.05, 0.1) is 5.71 Å². The topological polar surface area (TPSA) is 105 Å². The molecule has 9 heteroatoms. The van der Waals surface area contributed by atoms with Crippen LogP contribution in [0.15, 0.2) is 46.2 Å². The van der Waals surface area contributed by atoms with E-state index in [0.717, 1.165) is 22.9 Å². The highest BCUT2D eigenvalue weighted by Crippen LogP contribution is 2.30. The number of nitrogens with one attached hydrogen (secondary N) is 1. The third-order valence-electron chi connectivity index (χ3n) is 4.82. The minimum atomic E-state index is -3.78. The lowest BCUT2D eigenvalue weighted by Gasteiger charge is -2.26. The van der Waals surface area contributed by atoms with Crippen molar-refractivity contribution < 1.29 is 23.3 Å². The number of benzene rings is 1. The fraction of sp³-hybridized carbons (Fsp3) is 0.333. The molecule has 1 aromatic heterocycles. The monoisotopic (exact) mass is 408 g/mol. The molecule has 0 fully saturated rings. The number of nitrogens with zero attached hydrogens (tertiary/aromatic N) is 1. The summed E-state index contributed by atoms with van der Waals surface area (Å²) in [4.78, 5) is 17.3. The Hall–Kier alpha value is -2.23. The minimum absolute atomic E-state index is 0.113. The van der Waals surface area contributed by atoms with Gasteiger partial charge in [-0.25, -0.2) is 13.9 Å². The van der Waals surface area contributed by atoms with Crippen molar-refractivity contribution in [1.82, 2.24) is 5.48 Å². The maximum atomic E-state index is 12.1. The van der Waals surface area contributed by atoms with E-state index in [2.05, 4.69) is 10.5 Å². The molecule has 27 heavy (non-hydrogen) atoms. The van der Waals surface area contributed by atoms with Crippen LogP contribution in [0.5, 0.6) is 0 Å². The molecule has 3 rings (SSSR count). The average molecular weight is 409 g/mol. The summed E-state index contributed by atoms with van der Waals surface area (Å²) in [6, 6.07) is 9.91. The van der Waals surface area contributed by atoms with E-state index in [0.29, 0.717) is 12.1 Å². The van der Waals surface area contributed by atoms with E-state index in [1.165, 1.54) is 12.4 Å². The molecule has 1 aliphatic rings. The van der Waals surface area contributed by atoms with Gasteiger partial charge in [0.2, 0.25) is 0 Å². The summed E-state index contributed by atoms with van der Waals surface area (Å²) >= 11 is 1.63. The Morgan fingerprint density at radius 1 is 1.30 bits per heavy atom. The molecule has 0 saturated heterocycles. The van der Waals surface area contributed by atoms with Gasteiger partial charge in [0.25, 0.3) is 5.91 Å². The summed E-state index contributed by atoms with van der Waals surface area (Å²) in [5, 5.41) is 17.1. The Morgan fingerprint density at radius 2 is 1.96 bits per heavy atom. The molecule has 2 heterocycles. The second-order valence-electron chi connectivity index (χ2n) is 6.71. The highest BCUT2D eigenvalue weighted by atomic mass is 32.2. The zero-order chi connectivity index (χ0) is 19.7. The number of amides is 1. The Morgan fingerprint density at radius 3 is 2.52 bits per heavy atom. The standard InChI is InChI=1S/C18H20N2O5S2/c1-18(17(21)19-22,27(2,23)24)10-15-9-16(20-25-15)13-5-3-12(4-6-13)14-7-8-26-11-14/h3-8,11,15,22H,9-10H2,1-2H3,(H,19,21)/t15?,18-/m1/s1. The number of hydrogen-bond donors (Lipinski definition) is 2. The molecule has 2 aromatic rings. The third kappa shape index (κ3) is 3.90. The highest BCUT2D eigenvalue weighted by molar-refractivity contribution is 7.92. The molecule has 1 amide bonds. The van der Waals surface area contributed by atoms with Crippen molar-refractivity contribution in [3.8, 4) is 11.1 Å². The van der Waals surface area contributed by atoms with Crippen molar-refractivity contribution in [3.63, 3.8) is 0 Å². The molecule has 0 spiro atoms. The van der Waals surface area contributed by atoms with Gasteiger partial charge < -0.3 is 4.84 Å². The normalized spacial score (nSPS) is 19.1. The Bertz CT molecular complexity index is 952. The van der Waals surface area contributed by atoms with Gasteiger partial charge >= 0.3 is 0 Å². The first-order valence-electron chi connectivity index (χ1n) is 8.24. The number of thiophene rings is 1. The molecule has 0 bridgehead atoms. The lowest BCUT2D eigenvalue weighted by Crippen LogP contribution is -2.51. The van der Waals surface area contributed by atoms with E-state index in [-0.39, 0.29) is 6.42 Å². The van der Waals surface area contributed by atoms with Crippen LogP contribution in [0, 0.1) is 0 Å². The van der Waals surface area contributed by atoms with Gasteiger partial charge in [0, 0.05) is 19.1 Å². The molecule has 0 saturated carbocycles. The first-order valence-corrected chi connectivity index (χ1v) is 11.1. The Balaban J connectivity index is 1.72. The molecular weight excluding hydrogens is 388 g/mol. The van der Waals surface area contributed by atoms with Crippen LogP contribution in [-0.2, 0) is 19.5 Å². The van der Waals surface area contributed by atoms with E-state index in [9.17, 15) is 13.2 Å². The molecule has 2 N–H and O–H groups in total. The highest BCUT2D eigenvalue weighted by Gasteiger charge is 2.47. The quantitative estimate of drug-likeness (QED) is 0.565. The fourth-order valence-electron chi connectivity index (χ4n) is 2.96. The first-order chi connectivity index (χ1) is 12.7. The molecule has 7 nitrogen and oxygen atoms in total. The number of carbonyl (C=O) groups is 1. The SMILES string of the molecule is C[C@@](CC1CC(c2ccc(-c3ccsc3)cc2)=NO1)(C(=O)NO)S(C)(=O)=O. The van der Waals surface area contributed by atoms with Gasteiger partial charge in [-0.3, -0.25) is 10.0 Å². The molecule has 2 atom stereocenters. The van der Waals surface area contributed by atoms with Crippen LogP contribution in [-0.4, -0.2) is 42.4 Å². The van der Waals surface area contributed by atoms with Crippen LogP contribution >= 0.6 is 11.3 Å². The van der Waals surface area contributed by atoms with Gasteiger partial charge in [-0.05, 0) is 40.4 Å². The lowest BCUT2D eigenvalue weighted by molar-refractivity contribution is -0.132. The van der Waals surface area contributed by atoms with Gasteiger partial charge in [-0.1, -0.05) is 29.4 Å². The second-order valence-corrected chi connectivity index (χ2v) is 9.93. The van der Waals surface area contributed by atoms with E-state index in [1.807, 2.05) is 35.7 Å². The van der Waals surface area contributed by atoms with Gasteiger partial charge in [-0.2, -0.15) is 11.3 Å². The number of sulfone groups is 1. The van der Waals surface area contributed by atoms with Crippen molar-refractivity contribution >= 4 is 32.8 Å². The average Bonchev–Trinajstić information content (AvgIpc) is 3.32. The van der Waals surface area contributed by atoms with Crippen LogP contribution in [0.25, 0.3) is 11.1 Å². The number of rotatable bonds is 6. The van der Waals surface area contributed by atoms with E-state index < -0.39 is 26.6 Å². The molecule has 0 aliphatic carbocycles. The van der Waals surface area contributed by atoms with E-state index >= 15 is 0 Å². The lowest BCUT2D eigenvalue weighted by atomic mass is 9.96. The van der Waals surface area contributed by atoms with E-state index in [1.54, 1.807) is 11.3 Å². The number of carbonyl (C=O) groups excluding carboxylic acids is 1. The smallest absolute Gasteiger partial charge is 0.264 e. The zero-order valence-electron chi connectivity index (χ0n) is 14.9. The number of hydrogen-bond acceptors (Lipinski definition) is 7. The Kier molecular flexibility index (Phi) is 5.36. The van der Waals surface area contributed by atoms with Crippen LogP contribution in [0.4, 0.5) is 0 Å². The molecule has 1 aromatic carbocycles. The van der Waals surface area contributed by atoms with Crippen molar-refractivity contribution in [2.24, 2.45) is 5.16 Å². The maximum Gasteiger partial charge on any atom is 0.264 e. The molecule has 0 radical (unpaired) electrons. The molecule has 1 unspecified atom stereocenters. The molecular formula is C18H20N2O5S2. The van der Waals surface area contributed by atoms with Crippen molar-refractivity contribution in [2.45, 2.75) is 30.6 Å². The van der Waals surface area contributed by atoms with Gasteiger partial charge in [-0.15, -0.1) is 0 Å². The number of oxime groups is 1. The van der Waals surface area contributed by atoms with Crippen LogP contribution < -0.4 is 5.48 Å². The summed E-state index contributed by atoms with van der Waals surface area (Å²) in [5.74, 6) is -0.984. The van der Waals surface area contributed by atoms with Crippen LogP contribution in [0.1, 0.15) is 25.3 Å². The van der Waals surface area contributed by atoms with Crippen molar-refractivity contribution in [2.75, 3.05) is 6.26 Å². The number of hydroxylamine groups is 1. The molecule has 1 aliphatic heterocycles. The summed E-state index contributed by atoms with van der Waals surface area (Å²) < 4.78 is 22.4. The molecule has 144 valence electrons. The van der Waals surface area contributed by atoms with Gasteiger partial charge in [0.1, 0.15) is 6.10 Å². The van der Waals surface area contributed by atoms with E-state index in [4.69, 9.17) is 10.0 Å². The predicted molar refractivity (Wildman–Crippen MR) is 104 cm³/mol. The van der Waals surface area contributed by atoms with Crippen molar-refractivity contribution in [3.05, 3.63) is 46.7 Å².